The molecule has 6 heterocycles. The molecule has 4 aromatic heterocycles. The minimum Gasteiger partial charge on any atom is -0.444 e. The minimum absolute atomic E-state index is 0.0550. The molecule has 2 fully saturated rings. The smallest absolute Gasteiger partial charge is 0.444 e. The van der Waals surface area contributed by atoms with Crippen LogP contribution in [0.15, 0.2) is 18.7 Å². The first-order valence-electron chi connectivity index (χ1n) is 17.8. The number of nitrogens with two attached hydrogens (primary N) is 1. The van der Waals surface area contributed by atoms with Gasteiger partial charge in [-0.1, -0.05) is 0 Å². The summed E-state index contributed by atoms with van der Waals surface area (Å²) in [5.41, 5.74) is 6.31. The molecule has 6 rings (SSSR count). The number of hydrogen-bond acceptors (Lipinski definition) is 15. The summed E-state index contributed by atoms with van der Waals surface area (Å²) in [4.78, 5) is 54.5. The van der Waals surface area contributed by atoms with E-state index >= 15 is 0 Å². The second kappa shape index (κ2) is 15.8. The summed E-state index contributed by atoms with van der Waals surface area (Å²) >= 11 is 6.16. The molecule has 0 bridgehead atoms. The van der Waals surface area contributed by atoms with Crippen molar-refractivity contribution in [2.24, 2.45) is 0 Å². The number of nitrogen functional groups attached to an aromatic ring is 1. The molecule has 296 valence electrons. The van der Waals surface area contributed by atoms with Gasteiger partial charge in [0.2, 0.25) is 11.2 Å². The summed E-state index contributed by atoms with van der Waals surface area (Å²) in [6.07, 6.45) is 5.24. The molecule has 2 saturated heterocycles. The third-order valence-electron chi connectivity index (χ3n) is 8.73. The highest BCUT2D eigenvalue weighted by atomic mass is 35.5. The van der Waals surface area contributed by atoms with Crippen molar-refractivity contribution in [3.8, 4) is 11.3 Å². The van der Waals surface area contributed by atoms with E-state index < -0.39 is 41.7 Å². The van der Waals surface area contributed by atoms with E-state index in [0.29, 0.717) is 39.5 Å². The maximum Gasteiger partial charge on any atom is 0.500 e. The number of nitrogens with zero attached hydrogens (tertiary/aromatic N) is 8. The number of ether oxygens (including phenoxy) is 3. The quantitative estimate of drug-likeness (QED) is 0.164. The van der Waals surface area contributed by atoms with E-state index in [0.717, 1.165) is 26.1 Å². The number of nitrogens with one attached hydrogen (secondary N) is 2. The summed E-state index contributed by atoms with van der Waals surface area (Å²) in [5, 5.41) is 5.19. The zero-order valence-corrected chi connectivity index (χ0v) is 33.9. The number of anilines is 3. The summed E-state index contributed by atoms with van der Waals surface area (Å²) in [5.74, 6) is 0.981. The molecule has 0 spiro atoms. The van der Waals surface area contributed by atoms with Gasteiger partial charge >= 0.3 is 19.3 Å². The van der Waals surface area contributed by atoms with Crippen molar-refractivity contribution in [2.45, 2.75) is 117 Å². The fourth-order valence-corrected chi connectivity index (χ4v) is 5.63. The van der Waals surface area contributed by atoms with E-state index in [2.05, 4.69) is 45.5 Å². The van der Waals surface area contributed by atoms with Gasteiger partial charge in [-0.25, -0.2) is 34.5 Å². The lowest BCUT2D eigenvalue weighted by Gasteiger charge is -2.32. The van der Waals surface area contributed by atoms with Gasteiger partial charge in [0, 0.05) is 37.1 Å². The molecule has 20 heteroatoms. The third kappa shape index (κ3) is 10.3. The van der Waals surface area contributed by atoms with Gasteiger partial charge in [0.1, 0.15) is 39.9 Å². The highest BCUT2D eigenvalue weighted by Crippen LogP contribution is 2.37. The van der Waals surface area contributed by atoms with Crippen LogP contribution in [0.4, 0.5) is 27.2 Å². The first-order valence-corrected chi connectivity index (χ1v) is 18.2. The number of fused-ring (bicyclic) bond motifs is 1. The van der Waals surface area contributed by atoms with Gasteiger partial charge < -0.3 is 33.8 Å². The largest absolute Gasteiger partial charge is 0.500 e. The van der Waals surface area contributed by atoms with E-state index in [1.54, 1.807) is 61.0 Å². The van der Waals surface area contributed by atoms with Crippen LogP contribution in [0.2, 0.25) is 5.28 Å². The normalized spacial score (nSPS) is 17.0. The van der Waals surface area contributed by atoms with Crippen molar-refractivity contribution >= 4 is 65.1 Å². The molecule has 0 atom stereocenters. The number of aryl methyl sites for hydroxylation is 1. The topological polar surface area (TPSA) is 226 Å². The molecular weight excluding hydrogens is 733 g/mol. The van der Waals surface area contributed by atoms with Crippen LogP contribution >= 0.6 is 11.6 Å². The summed E-state index contributed by atoms with van der Waals surface area (Å²) in [6, 6.07) is 0.286. The van der Waals surface area contributed by atoms with Gasteiger partial charge in [-0.2, -0.15) is 9.97 Å². The molecule has 2 aliphatic heterocycles. The summed E-state index contributed by atoms with van der Waals surface area (Å²) < 4.78 is 30.1. The van der Waals surface area contributed by atoms with Crippen molar-refractivity contribution in [3.05, 3.63) is 29.8 Å². The Morgan fingerprint density at radius 1 is 0.891 bits per heavy atom. The molecule has 2 amide bonds. The first-order chi connectivity index (χ1) is 25.5. The highest BCUT2D eigenvalue weighted by Gasteiger charge is 2.53. The molecule has 0 saturated carbocycles. The molecular formula is C35H49BClN11O7. The number of carbonyl (C=O) groups is 2. The van der Waals surface area contributed by atoms with Crippen molar-refractivity contribution in [2.75, 3.05) is 29.6 Å². The molecule has 2 aliphatic rings. The molecule has 0 aliphatic carbocycles. The predicted octanol–water partition coefficient (Wildman–Crippen LogP) is 5.65. The Morgan fingerprint density at radius 3 is 2.07 bits per heavy atom. The van der Waals surface area contributed by atoms with Crippen LogP contribution in [0, 0.1) is 6.92 Å². The van der Waals surface area contributed by atoms with Crippen molar-refractivity contribution in [1.82, 2.24) is 39.5 Å². The third-order valence-corrected chi connectivity index (χ3v) is 8.90. The SMILES string of the molecule is CC(C)(C)OC(=O)Nc1ncc(B2OC(C)(C)C(C)(C)O2)c(NC(=O)OC(C)(C)C)n1.Cc1ncc(-c2nc(Cl)nc3c2ncn3C2CCOCC2)c(N)n1. The van der Waals surface area contributed by atoms with Crippen LogP contribution in [0.25, 0.3) is 22.4 Å². The Labute approximate surface area is 325 Å². The lowest BCUT2D eigenvalue weighted by atomic mass is 9.80. The lowest BCUT2D eigenvalue weighted by molar-refractivity contribution is 0.00578. The first kappa shape index (κ1) is 41.4. The van der Waals surface area contributed by atoms with Gasteiger partial charge in [0.25, 0.3) is 0 Å². The number of hydrogen-bond donors (Lipinski definition) is 3. The standard InChI is InChI=1S/C20H33BN4O6.C15H16ClN7O/c1-17(2,3)28-15(26)24-13-12(21-30-19(7,8)20(9,10)31-21)11-22-14(23-13)25-16(27)29-18(4,5)6;1-8-18-6-10(13(17)20-8)11-12-14(22-15(16)21-11)23(7-19-12)9-2-4-24-5-3-9/h11H,1-10H3,(H2,22,23,24,25,26,27);6-7,9H,2-5H2,1H3,(H2,17,18,20). The maximum absolute atomic E-state index is 12.4. The van der Waals surface area contributed by atoms with Crippen LogP contribution in [0.5, 0.6) is 0 Å². The molecule has 4 aromatic rings. The zero-order chi connectivity index (χ0) is 40.5. The molecule has 4 N–H and O–H groups in total. The van der Waals surface area contributed by atoms with Gasteiger partial charge in [0.05, 0.1) is 23.1 Å². The highest BCUT2D eigenvalue weighted by molar-refractivity contribution is 6.63. The van der Waals surface area contributed by atoms with Crippen LogP contribution in [0.1, 0.15) is 93.9 Å². The second-order valence-corrected chi connectivity index (χ2v) is 16.4. The maximum atomic E-state index is 12.4. The molecule has 0 unspecified atom stereocenters. The molecule has 18 nitrogen and oxygen atoms in total. The Hall–Kier alpha value is -4.72. The number of imidazole rings is 1. The van der Waals surface area contributed by atoms with Gasteiger partial charge in [-0.05, 0) is 101 Å². The van der Waals surface area contributed by atoms with Crippen LogP contribution in [-0.4, -0.2) is 94.4 Å². The van der Waals surface area contributed by atoms with E-state index in [1.807, 2.05) is 32.3 Å². The number of carbonyl (C=O) groups excluding carboxylic acids is 2. The molecule has 0 radical (unpaired) electrons. The average Bonchev–Trinajstić information content (AvgIpc) is 3.56. The van der Waals surface area contributed by atoms with Gasteiger partial charge in [-0.15, -0.1) is 0 Å². The lowest BCUT2D eigenvalue weighted by Crippen LogP contribution is -2.41. The number of amides is 2. The van der Waals surface area contributed by atoms with E-state index in [-0.39, 0.29) is 23.1 Å². The Balaban J connectivity index is 0.000000217. The Bertz CT molecular complexity index is 2030. The predicted molar refractivity (Wildman–Crippen MR) is 207 cm³/mol. The van der Waals surface area contributed by atoms with Crippen molar-refractivity contribution in [1.29, 1.82) is 0 Å². The summed E-state index contributed by atoms with van der Waals surface area (Å²) in [6.45, 7) is 21.3. The number of halogens is 1. The minimum atomic E-state index is -0.828. The van der Waals surface area contributed by atoms with Crippen LogP contribution < -0.4 is 21.8 Å². The van der Waals surface area contributed by atoms with E-state index in [1.165, 1.54) is 6.20 Å². The summed E-state index contributed by atoms with van der Waals surface area (Å²) in [7, 11) is -0.828. The fraction of sp³-hybridized carbons (Fsp3) is 0.571. The van der Waals surface area contributed by atoms with Gasteiger partial charge in [0.15, 0.2) is 5.65 Å². The second-order valence-electron chi connectivity index (χ2n) is 16.1. The number of rotatable bonds is 5. The van der Waals surface area contributed by atoms with Gasteiger partial charge in [-0.3, -0.25) is 10.6 Å². The zero-order valence-electron chi connectivity index (χ0n) is 33.1. The fourth-order valence-electron chi connectivity index (χ4n) is 5.47. The Kier molecular flexibility index (Phi) is 11.9. The molecule has 55 heavy (non-hydrogen) atoms. The number of aromatic nitrogens is 8. The van der Waals surface area contributed by atoms with Crippen molar-refractivity contribution < 1.29 is 33.1 Å². The van der Waals surface area contributed by atoms with Crippen molar-refractivity contribution in [3.63, 3.8) is 0 Å². The van der Waals surface area contributed by atoms with E-state index in [9.17, 15) is 9.59 Å². The van der Waals surface area contributed by atoms with E-state index in [4.69, 9.17) is 40.9 Å². The van der Waals surface area contributed by atoms with Crippen LogP contribution in [-0.2, 0) is 23.5 Å². The molecule has 0 aromatic carbocycles. The average molecular weight is 782 g/mol. The Morgan fingerprint density at radius 2 is 1.49 bits per heavy atom. The monoisotopic (exact) mass is 781 g/mol. The van der Waals surface area contributed by atoms with Crippen LogP contribution in [0.3, 0.4) is 0 Å².